The second kappa shape index (κ2) is 7.92. The molecule has 0 radical (unpaired) electrons. The quantitative estimate of drug-likeness (QED) is 0.791. The van der Waals surface area contributed by atoms with Gasteiger partial charge >= 0.3 is 0 Å². The van der Waals surface area contributed by atoms with Crippen molar-refractivity contribution in [2.75, 3.05) is 39.0 Å². The molecule has 0 spiro atoms. The first-order valence-corrected chi connectivity index (χ1v) is 6.85. The maximum Gasteiger partial charge on any atom is 0.238 e. The van der Waals surface area contributed by atoms with E-state index in [0.717, 1.165) is 13.1 Å². The van der Waals surface area contributed by atoms with E-state index in [-0.39, 0.29) is 12.5 Å². The van der Waals surface area contributed by atoms with Crippen LogP contribution >= 0.6 is 34.8 Å². The molecule has 1 rings (SSSR count). The van der Waals surface area contributed by atoms with E-state index in [9.17, 15) is 4.79 Å². The van der Waals surface area contributed by atoms with Gasteiger partial charge in [0.2, 0.25) is 5.91 Å². The summed E-state index contributed by atoms with van der Waals surface area (Å²) in [6.45, 7) is 1.87. The van der Waals surface area contributed by atoms with Crippen LogP contribution in [0.25, 0.3) is 0 Å². The van der Waals surface area contributed by atoms with Crippen molar-refractivity contribution in [1.29, 1.82) is 0 Å². The van der Waals surface area contributed by atoms with Crippen LogP contribution in [0.4, 0.5) is 5.69 Å². The van der Waals surface area contributed by atoms with Gasteiger partial charge in [0.1, 0.15) is 0 Å². The Morgan fingerprint density at radius 3 is 2.47 bits per heavy atom. The molecule has 0 unspecified atom stereocenters. The number of hydrogen-bond acceptors (Lipinski definition) is 3. The van der Waals surface area contributed by atoms with E-state index in [1.54, 1.807) is 0 Å². The van der Waals surface area contributed by atoms with Gasteiger partial charge in [-0.25, -0.2) is 0 Å². The third-order valence-corrected chi connectivity index (χ3v) is 3.48. The fourth-order valence-electron chi connectivity index (χ4n) is 1.43. The van der Waals surface area contributed by atoms with Crippen molar-refractivity contribution in [2.45, 2.75) is 0 Å². The summed E-state index contributed by atoms with van der Waals surface area (Å²) >= 11 is 17.7. The maximum atomic E-state index is 11.8. The molecule has 0 bridgehead atoms. The van der Waals surface area contributed by atoms with Crippen molar-refractivity contribution >= 4 is 46.4 Å². The zero-order chi connectivity index (χ0) is 14.4. The van der Waals surface area contributed by atoms with E-state index in [0.29, 0.717) is 20.8 Å². The lowest BCUT2D eigenvalue weighted by Crippen LogP contribution is -2.34. The number of rotatable bonds is 6. The standard InChI is InChI=1S/C12H16Cl3N3O/c1-16-3-4-18(2)7-12(19)17-11-6-9(14)8(13)5-10(11)15/h5-6,16H,3-4,7H2,1-2H3,(H,17,19). The number of amides is 1. The Balaban J connectivity index is 2.59. The summed E-state index contributed by atoms with van der Waals surface area (Å²) < 4.78 is 0. The van der Waals surface area contributed by atoms with Gasteiger partial charge in [0.05, 0.1) is 27.3 Å². The molecule has 19 heavy (non-hydrogen) atoms. The molecule has 0 aliphatic rings. The number of nitrogens with zero attached hydrogens (tertiary/aromatic N) is 1. The molecule has 1 aromatic rings. The van der Waals surface area contributed by atoms with Crippen LogP contribution in [0, 0.1) is 0 Å². The summed E-state index contributed by atoms with van der Waals surface area (Å²) in [6.07, 6.45) is 0. The van der Waals surface area contributed by atoms with E-state index in [4.69, 9.17) is 34.8 Å². The van der Waals surface area contributed by atoms with E-state index in [1.807, 2.05) is 19.0 Å². The first-order valence-electron chi connectivity index (χ1n) is 5.71. The van der Waals surface area contributed by atoms with Crippen LogP contribution < -0.4 is 10.6 Å². The van der Waals surface area contributed by atoms with Crippen LogP contribution in [0.15, 0.2) is 12.1 Å². The zero-order valence-electron chi connectivity index (χ0n) is 10.8. The van der Waals surface area contributed by atoms with Crippen molar-refractivity contribution < 1.29 is 4.79 Å². The molecular weight excluding hydrogens is 309 g/mol. The number of likely N-dealkylation sites (N-methyl/N-ethyl adjacent to an activating group) is 2. The van der Waals surface area contributed by atoms with Crippen LogP contribution in [0.3, 0.4) is 0 Å². The van der Waals surface area contributed by atoms with Crippen molar-refractivity contribution in [3.63, 3.8) is 0 Å². The van der Waals surface area contributed by atoms with Gasteiger partial charge in [-0.1, -0.05) is 34.8 Å². The number of carbonyl (C=O) groups excluding carboxylic acids is 1. The number of hydrogen-bond donors (Lipinski definition) is 2. The van der Waals surface area contributed by atoms with Crippen LogP contribution in [-0.2, 0) is 4.79 Å². The Morgan fingerprint density at radius 1 is 1.21 bits per heavy atom. The molecule has 0 aromatic heterocycles. The van der Waals surface area contributed by atoms with Gasteiger partial charge < -0.3 is 10.6 Å². The molecule has 7 heteroatoms. The molecule has 0 atom stereocenters. The third-order valence-electron chi connectivity index (χ3n) is 2.44. The molecule has 1 aromatic carbocycles. The number of halogens is 3. The molecule has 106 valence electrons. The highest BCUT2D eigenvalue weighted by atomic mass is 35.5. The molecule has 0 saturated carbocycles. The number of carbonyl (C=O) groups is 1. The molecule has 0 aliphatic carbocycles. The van der Waals surface area contributed by atoms with Crippen molar-refractivity contribution in [3.05, 3.63) is 27.2 Å². The summed E-state index contributed by atoms with van der Waals surface area (Å²) in [6, 6.07) is 3.05. The molecule has 0 saturated heterocycles. The Morgan fingerprint density at radius 2 is 1.84 bits per heavy atom. The van der Waals surface area contributed by atoms with Gasteiger partial charge in [0, 0.05) is 13.1 Å². The number of nitrogens with one attached hydrogen (secondary N) is 2. The Bertz CT molecular complexity index is 454. The SMILES string of the molecule is CNCCN(C)CC(=O)Nc1cc(Cl)c(Cl)cc1Cl. The van der Waals surface area contributed by atoms with Crippen molar-refractivity contribution in [2.24, 2.45) is 0 Å². The molecule has 2 N–H and O–H groups in total. The average molecular weight is 325 g/mol. The highest BCUT2D eigenvalue weighted by Gasteiger charge is 2.11. The minimum Gasteiger partial charge on any atom is -0.324 e. The van der Waals surface area contributed by atoms with E-state index in [1.165, 1.54) is 12.1 Å². The predicted octanol–water partition coefficient (Wildman–Crippen LogP) is 2.74. The zero-order valence-corrected chi connectivity index (χ0v) is 13.0. The van der Waals surface area contributed by atoms with Crippen LogP contribution in [0.1, 0.15) is 0 Å². The van der Waals surface area contributed by atoms with Gasteiger partial charge in [0.15, 0.2) is 0 Å². The summed E-state index contributed by atoms with van der Waals surface area (Å²) in [4.78, 5) is 13.7. The van der Waals surface area contributed by atoms with Gasteiger partial charge in [-0.3, -0.25) is 9.69 Å². The average Bonchev–Trinajstić information content (AvgIpc) is 2.33. The van der Waals surface area contributed by atoms with Crippen LogP contribution in [-0.4, -0.2) is 44.5 Å². The highest BCUT2D eigenvalue weighted by Crippen LogP contribution is 2.32. The van der Waals surface area contributed by atoms with Gasteiger partial charge in [-0.2, -0.15) is 0 Å². The van der Waals surface area contributed by atoms with E-state index >= 15 is 0 Å². The van der Waals surface area contributed by atoms with Crippen molar-refractivity contribution in [1.82, 2.24) is 10.2 Å². The number of benzene rings is 1. The van der Waals surface area contributed by atoms with Gasteiger partial charge in [-0.15, -0.1) is 0 Å². The second-order valence-electron chi connectivity index (χ2n) is 4.14. The fourth-order valence-corrected chi connectivity index (χ4v) is 2.03. The van der Waals surface area contributed by atoms with E-state index in [2.05, 4.69) is 10.6 Å². The maximum absolute atomic E-state index is 11.8. The lowest BCUT2D eigenvalue weighted by molar-refractivity contribution is -0.117. The summed E-state index contributed by atoms with van der Waals surface area (Å²) in [5.74, 6) is -0.154. The Kier molecular flexibility index (Phi) is 6.89. The molecule has 0 heterocycles. The highest BCUT2D eigenvalue weighted by molar-refractivity contribution is 6.44. The lowest BCUT2D eigenvalue weighted by Gasteiger charge is -2.16. The van der Waals surface area contributed by atoms with Gasteiger partial charge in [0.25, 0.3) is 0 Å². The first-order chi connectivity index (χ1) is 8.93. The Labute approximate surface area is 128 Å². The predicted molar refractivity (Wildman–Crippen MR) is 81.5 cm³/mol. The fraction of sp³-hybridized carbons (Fsp3) is 0.417. The lowest BCUT2D eigenvalue weighted by atomic mass is 10.3. The molecule has 0 aliphatic heterocycles. The summed E-state index contributed by atoms with van der Waals surface area (Å²) in [7, 11) is 3.73. The van der Waals surface area contributed by atoms with Crippen molar-refractivity contribution in [3.8, 4) is 0 Å². The second-order valence-corrected chi connectivity index (χ2v) is 5.36. The minimum absolute atomic E-state index is 0.154. The molecule has 0 fully saturated rings. The molecule has 1 amide bonds. The normalized spacial score (nSPS) is 10.8. The minimum atomic E-state index is -0.154. The largest absolute Gasteiger partial charge is 0.324 e. The topological polar surface area (TPSA) is 44.4 Å². The smallest absolute Gasteiger partial charge is 0.238 e. The first kappa shape index (κ1) is 16.5. The molecule has 4 nitrogen and oxygen atoms in total. The molecular formula is C12H16Cl3N3O. The summed E-state index contributed by atoms with van der Waals surface area (Å²) in [5.41, 5.74) is 0.461. The van der Waals surface area contributed by atoms with Gasteiger partial charge in [-0.05, 0) is 26.2 Å². The number of anilines is 1. The third kappa shape index (κ3) is 5.55. The summed E-state index contributed by atoms with van der Waals surface area (Å²) in [5, 5.41) is 6.80. The van der Waals surface area contributed by atoms with Crippen LogP contribution in [0.2, 0.25) is 15.1 Å². The Hall–Kier alpha value is -0.520. The van der Waals surface area contributed by atoms with E-state index < -0.39 is 0 Å². The monoisotopic (exact) mass is 323 g/mol. The van der Waals surface area contributed by atoms with Crippen LogP contribution in [0.5, 0.6) is 0 Å².